The van der Waals surface area contributed by atoms with E-state index >= 15 is 0 Å². The molecule has 1 aromatic carbocycles. The van der Waals surface area contributed by atoms with Crippen LogP contribution in [-0.2, 0) is 35.0 Å². The van der Waals surface area contributed by atoms with Gasteiger partial charge < -0.3 is 14.2 Å². The molecule has 0 spiro atoms. The smallest absolute Gasteiger partial charge is 0.303 e. The van der Waals surface area contributed by atoms with Gasteiger partial charge in [-0.25, -0.2) is 0 Å². The van der Waals surface area contributed by atoms with Crippen LogP contribution in [-0.4, -0.2) is 66.1 Å². The van der Waals surface area contributed by atoms with Crippen LogP contribution in [0.5, 0.6) is 0 Å². The summed E-state index contributed by atoms with van der Waals surface area (Å²) in [5, 5.41) is -0.562. The van der Waals surface area contributed by atoms with Crippen molar-refractivity contribution in [1.82, 2.24) is 4.90 Å². The Kier molecular flexibility index (Phi) is 8.92. The van der Waals surface area contributed by atoms with Gasteiger partial charge in [0.2, 0.25) is 0 Å². The summed E-state index contributed by atoms with van der Waals surface area (Å²) >= 11 is 6.51. The van der Waals surface area contributed by atoms with Crippen molar-refractivity contribution in [2.75, 3.05) is 19.7 Å². The number of benzene rings is 1. The van der Waals surface area contributed by atoms with Crippen LogP contribution in [0.15, 0.2) is 30.3 Å². The lowest BCUT2D eigenvalue weighted by molar-refractivity contribution is -0.182. The molecular weight excluding hydrogens is 398 g/mol. The maximum atomic E-state index is 11.7. The van der Waals surface area contributed by atoms with Gasteiger partial charge in [0.15, 0.2) is 12.2 Å². The largest absolute Gasteiger partial charge is 0.464 e. The number of likely N-dealkylation sites (tertiary alicyclic amines) is 1. The Morgan fingerprint density at radius 3 is 2.21 bits per heavy atom. The van der Waals surface area contributed by atoms with Gasteiger partial charge >= 0.3 is 17.9 Å². The Balaban J connectivity index is 2.16. The number of hydrogen-bond acceptors (Lipinski definition) is 7. The molecule has 160 valence electrons. The number of ether oxygens (including phenoxy) is 3. The Morgan fingerprint density at radius 2 is 1.62 bits per heavy atom. The number of hydrogen-bond donors (Lipinski definition) is 0. The minimum absolute atomic E-state index is 0.0139. The van der Waals surface area contributed by atoms with Gasteiger partial charge in [0.25, 0.3) is 0 Å². The van der Waals surface area contributed by atoms with Gasteiger partial charge in [0.1, 0.15) is 6.61 Å². The number of alkyl halides is 1. The lowest BCUT2D eigenvalue weighted by atomic mass is 9.94. The summed E-state index contributed by atoms with van der Waals surface area (Å²) in [6.45, 7) is 4.97. The molecule has 0 aliphatic carbocycles. The summed E-state index contributed by atoms with van der Waals surface area (Å²) in [6.07, 6.45) is 0.0681. The summed E-state index contributed by atoms with van der Waals surface area (Å²) < 4.78 is 16.1. The van der Waals surface area contributed by atoms with Crippen LogP contribution in [0, 0.1) is 0 Å². The molecule has 1 fully saturated rings. The molecule has 8 heteroatoms. The molecule has 1 saturated heterocycles. The third-order valence-electron chi connectivity index (χ3n) is 4.75. The summed E-state index contributed by atoms with van der Waals surface area (Å²) in [7, 11) is 0. The van der Waals surface area contributed by atoms with E-state index in [9.17, 15) is 14.4 Å². The fourth-order valence-corrected chi connectivity index (χ4v) is 3.93. The fourth-order valence-electron chi connectivity index (χ4n) is 3.56. The van der Waals surface area contributed by atoms with Crippen LogP contribution < -0.4 is 0 Å². The second-order valence-electron chi connectivity index (χ2n) is 7.12. The molecule has 0 saturated carbocycles. The minimum atomic E-state index is -0.830. The van der Waals surface area contributed by atoms with Crippen molar-refractivity contribution in [3.8, 4) is 0 Å². The molecule has 7 nitrogen and oxygen atoms in total. The molecule has 4 atom stereocenters. The highest BCUT2D eigenvalue weighted by molar-refractivity contribution is 6.21. The molecule has 0 unspecified atom stereocenters. The monoisotopic (exact) mass is 425 g/mol. The Hall–Kier alpha value is -2.12. The van der Waals surface area contributed by atoms with E-state index in [1.54, 1.807) is 0 Å². The maximum Gasteiger partial charge on any atom is 0.303 e. The van der Waals surface area contributed by atoms with Gasteiger partial charge in [-0.05, 0) is 24.9 Å². The number of esters is 3. The van der Waals surface area contributed by atoms with Crippen molar-refractivity contribution in [1.29, 1.82) is 0 Å². The van der Waals surface area contributed by atoms with Gasteiger partial charge in [-0.1, -0.05) is 30.3 Å². The molecule has 1 aliphatic rings. The third kappa shape index (κ3) is 7.33. The number of carbonyl (C=O) groups is 3. The van der Waals surface area contributed by atoms with E-state index < -0.39 is 41.5 Å². The molecule has 1 aromatic rings. The topological polar surface area (TPSA) is 82.1 Å². The third-order valence-corrected chi connectivity index (χ3v) is 5.14. The van der Waals surface area contributed by atoms with Crippen molar-refractivity contribution in [3.63, 3.8) is 0 Å². The molecule has 0 N–H and O–H groups in total. The van der Waals surface area contributed by atoms with Crippen molar-refractivity contribution >= 4 is 29.5 Å². The molecule has 2 rings (SSSR count). The average Bonchev–Trinajstić information content (AvgIpc) is 2.64. The highest BCUT2D eigenvalue weighted by Gasteiger charge is 2.47. The second-order valence-corrected chi connectivity index (χ2v) is 7.68. The van der Waals surface area contributed by atoms with Crippen LogP contribution in [0.4, 0.5) is 0 Å². The Bertz CT molecular complexity index is 698. The first kappa shape index (κ1) is 23.2. The zero-order valence-corrected chi connectivity index (χ0v) is 17.8. The number of aryl methyl sites for hydroxylation is 1. The van der Waals surface area contributed by atoms with Gasteiger partial charge in [-0.3, -0.25) is 19.3 Å². The standard InChI is InChI=1S/C21H28ClNO6/c1-14(24)27-13-19-21(29-16(3)26)20(28-15(2)25)18(22)12-23(19)11-7-10-17-8-5-4-6-9-17/h4-6,8-9,18-21H,7,10-13H2,1-3H3/t18-,19+,20+,21+/m0/s1. The summed E-state index contributed by atoms with van der Waals surface area (Å²) in [5.41, 5.74) is 1.22. The molecule has 0 radical (unpaired) electrons. The van der Waals surface area contributed by atoms with Crippen LogP contribution >= 0.6 is 11.6 Å². The summed E-state index contributed by atoms with van der Waals surface area (Å²) in [6, 6.07) is 9.63. The number of halogens is 1. The van der Waals surface area contributed by atoms with Gasteiger partial charge in [0.05, 0.1) is 11.4 Å². The van der Waals surface area contributed by atoms with E-state index in [0.717, 1.165) is 12.8 Å². The first-order chi connectivity index (χ1) is 13.8. The van der Waals surface area contributed by atoms with Gasteiger partial charge in [-0.2, -0.15) is 0 Å². The van der Waals surface area contributed by atoms with E-state index in [2.05, 4.69) is 12.1 Å². The van der Waals surface area contributed by atoms with E-state index in [1.807, 2.05) is 23.1 Å². The molecule has 0 amide bonds. The van der Waals surface area contributed by atoms with Crippen molar-refractivity contribution in [2.45, 2.75) is 57.2 Å². The fraction of sp³-hybridized carbons (Fsp3) is 0.571. The second kappa shape index (κ2) is 11.2. The highest BCUT2D eigenvalue weighted by atomic mass is 35.5. The van der Waals surface area contributed by atoms with Crippen LogP contribution in [0.1, 0.15) is 32.8 Å². The van der Waals surface area contributed by atoms with Crippen molar-refractivity contribution in [3.05, 3.63) is 35.9 Å². The molecule has 0 aromatic heterocycles. The predicted molar refractivity (Wildman–Crippen MR) is 108 cm³/mol. The van der Waals surface area contributed by atoms with Crippen molar-refractivity contribution < 1.29 is 28.6 Å². The quantitative estimate of drug-likeness (QED) is 0.359. The number of carbonyl (C=O) groups excluding carboxylic acids is 3. The SMILES string of the molecule is CC(=O)OC[C@@H]1[C@@H](OC(C)=O)[C@H](OC(C)=O)[C@@H](Cl)CN1CCCc1ccccc1. The first-order valence-corrected chi connectivity index (χ1v) is 10.1. The Morgan fingerprint density at radius 1 is 1.00 bits per heavy atom. The van der Waals surface area contributed by atoms with Gasteiger partial charge in [0, 0.05) is 27.3 Å². The predicted octanol–water partition coefficient (Wildman–Crippen LogP) is 2.34. The van der Waals surface area contributed by atoms with Crippen molar-refractivity contribution in [2.24, 2.45) is 0 Å². The summed E-state index contributed by atoms with van der Waals surface area (Å²) in [4.78, 5) is 36.7. The maximum absolute atomic E-state index is 11.7. The van der Waals surface area contributed by atoms with E-state index in [-0.39, 0.29) is 6.61 Å². The van der Waals surface area contributed by atoms with Gasteiger partial charge in [-0.15, -0.1) is 11.6 Å². The normalized spacial score (nSPS) is 24.6. The molecule has 1 aliphatic heterocycles. The molecule has 0 bridgehead atoms. The zero-order valence-electron chi connectivity index (χ0n) is 17.0. The number of nitrogens with zero attached hydrogens (tertiary/aromatic N) is 1. The molecular formula is C21H28ClNO6. The lowest BCUT2D eigenvalue weighted by Crippen LogP contribution is -2.63. The first-order valence-electron chi connectivity index (χ1n) is 9.67. The molecule has 1 heterocycles. The van der Waals surface area contributed by atoms with Crippen LogP contribution in [0.3, 0.4) is 0 Å². The van der Waals surface area contributed by atoms with Crippen LogP contribution in [0.2, 0.25) is 0 Å². The van der Waals surface area contributed by atoms with E-state index in [4.69, 9.17) is 25.8 Å². The zero-order chi connectivity index (χ0) is 21.4. The summed E-state index contributed by atoms with van der Waals surface area (Å²) in [5.74, 6) is -1.47. The lowest BCUT2D eigenvalue weighted by Gasteiger charge is -2.45. The minimum Gasteiger partial charge on any atom is -0.464 e. The van der Waals surface area contributed by atoms with Crippen LogP contribution in [0.25, 0.3) is 0 Å². The Labute approximate surface area is 176 Å². The highest BCUT2D eigenvalue weighted by Crippen LogP contribution is 2.28. The number of rotatable bonds is 8. The number of piperidine rings is 1. The van der Waals surface area contributed by atoms with E-state index in [0.29, 0.717) is 13.1 Å². The molecule has 29 heavy (non-hydrogen) atoms. The average molecular weight is 426 g/mol. The van der Waals surface area contributed by atoms with E-state index in [1.165, 1.54) is 26.3 Å².